The number of nitrogens with one attached hydrogen (secondary N) is 1. The first kappa shape index (κ1) is 18.1. The minimum atomic E-state index is -0.252. The van der Waals surface area contributed by atoms with E-state index >= 15 is 0 Å². The number of aromatic nitrogens is 2. The van der Waals surface area contributed by atoms with Crippen LogP contribution in [-0.2, 0) is 11.3 Å². The maximum atomic E-state index is 12.2. The van der Waals surface area contributed by atoms with Gasteiger partial charge in [-0.3, -0.25) is 9.59 Å². The lowest BCUT2D eigenvalue weighted by Gasteiger charge is -2.34. The lowest BCUT2D eigenvalue weighted by Crippen LogP contribution is -2.48. The van der Waals surface area contributed by atoms with Crippen molar-refractivity contribution in [2.24, 2.45) is 0 Å². The molecule has 1 aromatic heterocycles. The van der Waals surface area contributed by atoms with Crippen LogP contribution in [0.1, 0.15) is 22.8 Å². The Hall–Kier alpha value is -2.67. The molecule has 3 rings (SSSR count). The Balaban J connectivity index is 1.56. The number of halogens is 1. The van der Waals surface area contributed by atoms with Gasteiger partial charge in [-0.25, -0.2) is 9.97 Å². The summed E-state index contributed by atoms with van der Waals surface area (Å²) in [6.07, 6.45) is 3.03. The zero-order valence-electron chi connectivity index (χ0n) is 14.5. The summed E-state index contributed by atoms with van der Waals surface area (Å²) in [5.41, 5.74) is 1.24. The van der Waals surface area contributed by atoms with Gasteiger partial charge in [0, 0.05) is 57.1 Å². The first-order valence-corrected chi connectivity index (χ1v) is 8.76. The molecule has 1 fully saturated rings. The van der Waals surface area contributed by atoms with Crippen LogP contribution in [0.4, 0.5) is 5.95 Å². The highest BCUT2D eigenvalue weighted by molar-refractivity contribution is 6.31. The molecular weight excluding hydrogens is 354 g/mol. The molecule has 26 heavy (non-hydrogen) atoms. The lowest BCUT2D eigenvalue weighted by atomic mass is 10.2. The van der Waals surface area contributed by atoms with E-state index in [0.717, 1.165) is 5.56 Å². The van der Waals surface area contributed by atoms with Crippen LogP contribution in [0.15, 0.2) is 36.7 Å². The molecule has 2 heterocycles. The first-order valence-electron chi connectivity index (χ1n) is 8.38. The average molecular weight is 374 g/mol. The Morgan fingerprint density at radius 2 is 1.77 bits per heavy atom. The first-order chi connectivity index (χ1) is 12.5. The van der Waals surface area contributed by atoms with Crippen molar-refractivity contribution in [2.45, 2.75) is 13.5 Å². The Kier molecular flexibility index (Phi) is 5.68. The van der Waals surface area contributed by atoms with Gasteiger partial charge in [0.05, 0.1) is 5.56 Å². The van der Waals surface area contributed by atoms with E-state index in [1.54, 1.807) is 17.9 Å². The zero-order valence-corrected chi connectivity index (χ0v) is 15.2. The van der Waals surface area contributed by atoms with Crippen LogP contribution in [0.25, 0.3) is 0 Å². The highest BCUT2D eigenvalue weighted by Gasteiger charge is 2.20. The molecule has 0 radical (unpaired) electrons. The number of nitrogens with zero attached hydrogens (tertiary/aromatic N) is 4. The summed E-state index contributed by atoms with van der Waals surface area (Å²) in [5, 5.41) is 3.43. The molecule has 136 valence electrons. The predicted molar refractivity (Wildman–Crippen MR) is 99.1 cm³/mol. The number of benzene rings is 1. The summed E-state index contributed by atoms with van der Waals surface area (Å²) in [5.74, 6) is 0.393. The van der Waals surface area contributed by atoms with Gasteiger partial charge in [0.1, 0.15) is 0 Å². The van der Waals surface area contributed by atoms with Crippen molar-refractivity contribution >= 4 is 29.4 Å². The number of anilines is 1. The maximum Gasteiger partial charge on any atom is 0.254 e. The second kappa shape index (κ2) is 8.14. The molecule has 1 aromatic carbocycles. The Morgan fingerprint density at radius 1 is 1.12 bits per heavy atom. The largest absolute Gasteiger partial charge is 0.348 e. The van der Waals surface area contributed by atoms with E-state index in [1.807, 2.05) is 23.1 Å². The summed E-state index contributed by atoms with van der Waals surface area (Å²) in [6, 6.07) is 7.36. The molecule has 1 saturated heterocycles. The number of hydrogen-bond donors (Lipinski definition) is 1. The Bertz CT molecular complexity index is 788. The summed E-state index contributed by atoms with van der Waals surface area (Å²) >= 11 is 6.08. The maximum absolute atomic E-state index is 12.2. The summed E-state index contributed by atoms with van der Waals surface area (Å²) in [7, 11) is 0. The number of hydrogen-bond acceptors (Lipinski definition) is 5. The fourth-order valence-corrected chi connectivity index (χ4v) is 2.94. The molecule has 2 aromatic rings. The number of rotatable bonds is 4. The van der Waals surface area contributed by atoms with Gasteiger partial charge in [0.15, 0.2) is 0 Å². The van der Waals surface area contributed by atoms with Gasteiger partial charge in [0.25, 0.3) is 5.91 Å². The highest BCUT2D eigenvalue weighted by atomic mass is 35.5. The number of amides is 2. The smallest absolute Gasteiger partial charge is 0.254 e. The second-order valence-corrected chi connectivity index (χ2v) is 6.45. The minimum Gasteiger partial charge on any atom is -0.348 e. The molecular formula is C18H20ClN5O2. The molecule has 0 unspecified atom stereocenters. The van der Waals surface area contributed by atoms with Crippen molar-refractivity contribution in [1.82, 2.24) is 20.2 Å². The highest BCUT2D eigenvalue weighted by Crippen LogP contribution is 2.15. The Morgan fingerprint density at radius 3 is 2.38 bits per heavy atom. The third-order valence-corrected chi connectivity index (χ3v) is 4.67. The van der Waals surface area contributed by atoms with Gasteiger partial charge < -0.3 is 15.1 Å². The van der Waals surface area contributed by atoms with E-state index in [0.29, 0.717) is 49.3 Å². The quantitative estimate of drug-likeness (QED) is 0.883. The summed E-state index contributed by atoms with van der Waals surface area (Å²) in [4.78, 5) is 36.0. The third kappa shape index (κ3) is 4.29. The summed E-state index contributed by atoms with van der Waals surface area (Å²) in [6.45, 7) is 4.57. The number of carbonyl (C=O) groups is 2. The fourth-order valence-electron chi connectivity index (χ4n) is 2.74. The predicted octanol–water partition coefficient (Wildman–Crippen LogP) is 1.73. The number of piperazine rings is 1. The van der Waals surface area contributed by atoms with Crippen LogP contribution in [0.3, 0.4) is 0 Å². The molecule has 0 saturated carbocycles. The SMILES string of the molecule is CC(=O)N1CCN(c2ncc(C(=O)NCc3ccccc3Cl)cn2)CC1. The van der Waals surface area contributed by atoms with E-state index in [9.17, 15) is 9.59 Å². The van der Waals surface area contributed by atoms with Crippen LogP contribution in [-0.4, -0.2) is 52.9 Å². The van der Waals surface area contributed by atoms with Crippen molar-refractivity contribution in [3.05, 3.63) is 52.8 Å². The van der Waals surface area contributed by atoms with Crippen LogP contribution in [0.5, 0.6) is 0 Å². The van der Waals surface area contributed by atoms with Gasteiger partial charge >= 0.3 is 0 Å². The van der Waals surface area contributed by atoms with Gasteiger partial charge in [0.2, 0.25) is 11.9 Å². The summed E-state index contributed by atoms with van der Waals surface area (Å²) < 4.78 is 0. The molecule has 0 aliphatic carbocycles. The van der Waals surface area contributed by atoms with Crippen molar-refractivity contribution in [1.29, 1.82) is 0 Å². The lowest BCUT2D eigenvalue weighted by molar-refractivity contribution is -0.129. The topological polar surface area (TPSA) is 78.4 Å². The molecule has 8 heteroatoms. The normalized spacial score (nSPS) is 14.2. The van der Waals surface area contributed by atoms with E-state index in [2.05, 4.69) is 15.3 Å². The molecule has 1 aliphatic heterocycles. The van der Waals surface area contributed by atoms with Crippen molar-refractivity contribution in [2.75, 3.05) is 31.1 Å². The monoisotopic (exact) mass is 373 g/mol. The van der Waals surface area contributed by atoms with Crippen LogP contribution < -0.4 is 10.2 Å². The molecule has 0 spiro atoms. The standard InChI is InChI=1S/C18H20ClN5O2/c1-13(25)23-6-8-24(9-7-23)18-21-11-15(12-22-18)17(26)20-10-14-4-2-3-5-16(14)19/h2-5,11-12H,6-10H2,1H3,(H,20,26). The molecule has 1 N–H and O–H groups in total. The molecule has 7 nitrogen and oxygen atoms in total. The van der Waals surface area contributed by atoms with E-state index in [1.165, 1.54) is 12.4 Å². The van der Waals surface area contributed by atoms with Crippen molar-refractivity contribution < 1.29 is 9.59 Å². The van der Waals surface area contributed by atoms with Gasteiger partial charge in [-0.1, -0.05) is 29.8 Å². The average Bonchev–Trinajstić information content (AvgIpc) is 2.67. The second-order valence-electron chi connectivity index (χ2n) is 6.04. The van der Waals surface area contributed by atoms with Crippen LogP contribution in [0, 0.1) is 0 Å². The molecule has 0 atom stereocenters. The number of carbonyl (C=O) groups excluding carboxylic acids is 2. The molecule has 1 aliphatic rings. The minimum absolute atomic E-state index is 0.0797. The van der Waals surface area contributed by atoms with Gasteiger partial charge in [-0.05, 0) is 11.6 Å². The van der Waals surface area contributed by atoms with Crippen LogP contribution >= 0.6 is 11.6 Å². The Labute approximate surface area is 157 Å². The van der Waals surface area contributed by atoms with E-state index in [-0.39, 0.29) is 11.8 Å². The fraction of sp³-hybridized carbons (Fsp3) is 0.333. The molecule has 0 bridgehead atoms. The molecule has 2 amide bonds. The third-order valence-electron chi connectivity index (χ3n) is 4.31. The van der Waals surface area contributed by atoms with Crippen molar-refractivity contribution in [3.63, 3.8) is 0 Å². The van der Waals surface area contributed by atoms with Crippen molar-refractivity contribution in [3.8, 4) is 0 Å². The van der Waals surface area contributed by atoms with E-state index in [4.69, 9.17) is 11.6 Å². The zero-order chi connectivity index (χ0) is 18.5. The van der Waals surface area contributed by atoms with Gasteiger partial charge in [-0.2, -0.15) is 0 Å². The van der Waals surface area contributed by atoms with Gasteiger partial charge in [-0.15, -0.1) is 0 Å². The van der Waals surface area contributed by atoms with Crippen LogP contribution in [0.2, 0.25) is 5.02 Å². The van der Waals surface area contributed by atoms with E-state index < -0.39 is 0 Å².